The Bertz CT molecular complexity index is 49.7. The molecule has 8 heavy (non-hydrogen) atoms. The number of hydrogen-bond donors (Lipinski definition) is 3. The molecule has 0 atom stereocenters. The van der Waals surface area contributed by atoms with E-state index in [-0.39, 0.29) is 29.6 Å². The summed E-state index contributed by atoms with van der Waals surface area (Å²) in [5.74, 6) is -2.57. The van der Waals surface area contributed by atoms with Crippen molar-refractivity contribution in [3.63, 3.8) is 0 Å². The van der Waals surface area contributed by atoms with Crippen molar-refractivity contribution in [2.45, 2.75) is 19.3 Å². The average Bonchev–Trinajstić information content (AvgIpc) is 1.30. The second kappa shape index (κ2) is 4.73. The minimum absolute atomic E-state index is 0. The average molecular weight is 128 g/mol. The van der Waals surface area contributed by atoms with Crippen molar-refractivity contribution in [2.24, 2.45) is 0 Å². The SMILES string of the molecule is CC[CH-]C(O)(O)O.[Na+]. The van der Waals surface area contributed by atoms with Crippen LogP contribution in [0.5, 0.6) is 0 Å². The van der Waals surface area contributed by atoms with Crippen LogP contribution in [0.2, 0.25) is 0 Å². The van der Waals surface area contributed by atoms with Crippen LogP contribution in [0.1, 0.15) is 13.3 Å². The molecule has 0 aromatic heterocycles. The molecule has 3 N–H and O–H groups in total. The third kappa shape index (κ3) is 9.99. The summed E-state index contributed by atoms with van der Waals surface area (Å²) >= 11 is 0. The minimum Gasteiger partial charge on any atom is -0.370 e. The summed E-state index contributed by atoms with van der Waals surface area (Å²) in [5, 5.41) is 24.2. The Morgan fingerprint density at radius 2 is 1.75 bits per heavy atom. The molecule has 0 fully saturated rings. The monoisotopic (exact) mass is 128 g/mol. The smallest absolute Gasteiger partial charge is 0.370 e. The first-order valence-electron chi connectivity index (χ1n) is 2.07. The van der Waals surface area contributed by atoms with Crippen LogP contribution < -0.4 is 29.6 Å². The van der Waals surface area contributed by atoms with Gasteiger partial charge in [0.25, 0.3) is 0 Å². The molecule has 0 aliphatic rings. The largest absolute Gasteiger partial charge is 1.00 e. The molecule has 0 aliphatic heterocycles. The molecule has 44 valence electrons. The number of hydrogen-bond acceptors (Lipinski definition) is 3. The molecule has 0 spiro atoms. The first kappa shape index (κ1) is 11.6. The normalized spacial score (nSPS) is 10.5. The van der Waals surface area contributed by atoms with Crippen molar-refractivity contribution in [3.05, 3.63) is 6.42 Å². The molecule has 0 saturated carbocycles. The fourth-order valence-corrected chi connectivity index (χ4v) is 0.274. The van der Waals surface area contributed by atoms with E-state index in [1.54, 1.807) is 6.92 Å². The predicted octanol–water partition coefficient (Wildman–Crippen LogP) is -3.76. The van der Waals surface area contributed by atoms with Gasteiger partial charge in [-0.15, -0.1) is 0 Å². The van der Waals surface area contributed by atoms with E-state index in [4.69, 9.17) is 15.3 Å². The molecule has 0 rings (SSSR count). The van der Waals surface area contributed by atoms with E-state index >= 15 is 0 Å². The molecule has 3 nitrogen and oxygen atoms in total. The van der Waals surface area contributed by atoms with Gasteiger partial charge in [-0.3, -0.25) is 0 Å². The van der Waals surface area contributed by atoms with Gasteiger partial charge in [0.1, 0.15) is 5.97 Å². The van der Waals surface area contributed by atoms with Gasteiger partial charge < -0.3 is 15.3 Å². The summed E-state index contributed by atoms with van der Waals surface area (Å²) in [4.78, 5) is 0. The van der Waals surface area contributed by atoms with Gasteiger partial charge in [-0.1, -0.05) is 6.92 Å². The van der Waals surface area contributed by atoms with Crippen LogP contribution in [0.3, 0.4) is 0 Å². The van der Waals surface area contributed by atoms with Crippen LogP contribution in [-0.4, -0.2) is 21.3 Å². The second-order valence-corrected chi connectivity index (χ2v) is 1.30. The number of rotatable bonds is 2. The van der Waals surface area contributed by atoms with E-state index in [9.17, 15) is 0 Å². The van der Waals surface area contributed by atoms with Crippen molar-refractivity contribution in [3.8, 4) is 0 Å². The van der Waals surface area contributed by atoms with Crippen LogP contribution in [0.4, 0.5) is 0 Å². The van der Waals surface area contributed by atoms with Gasteiger partial charge in [-0.2, -0.15) is 6.42 Å². The van der Waals surface area contributed by atoms with Crippen LogP contribution in [0, 0.1) is 6.42 Å². The van der Waals surface area contributed by atoms with Crippen molar-refractivity contribution in [1.82, 2.24) is 0 Å². The van der Waals surface area contributed by atoms with Gasteiger partial charge in [-0.05, 0) is 0 Å². The van der Waals surface area contributed by atoms with Crippen molar-refractivity contribution < 1.29 is 44.9 Å². The van der Waals surface area contributed by atoms with E-state index in [2.05, 4.69) is 0 Å². The first-order valence-corrected chi connectivity index (χ1v) is 2.07. The molecule has 0 aliphatic carbocycles. The zero-order valence-corrected chi connectivity index (χ0v) is 7.13. The molecule has 0 heterocycles. The second-order valence-electron chi connectivity index (χ2n) is 1.30. The Morgan fingerprint density at radius 3 is 1.75 bits per heavy atom. The van der Waals surface area contributed by atoms with E-state index in [1.807, 2.05) is 0 Å². The Labute approximate surface area is 70.6 Å². The van der Waals surface area contributed by atoms with Crippen LogP contribution in [0.25, 0.3) is 0 Å². The molecule has 0 saturated heterocycles. The zero-order valence-electron chi connectivity index (χ0n) is 5.13. The van der Waals surface area contributed by atoms with E-state index < -0.39 is 5.97 Å². The summed E-state index contributed by atoms with van der Waals surface area (Å²) in [6, 6.07) is 0. The summed E-state index contributed by atoms with van der Waals surface area (Å²) in [6.45, 7) is 1.69. The predicted molar refractivity (Wildman–Crippen MR) is 24.0 cm³/mol. The molecular formula is C4H9NaO3. The van der Waals surface area contributed by atoms with Crippen molar-refractivity contribution in [2.75, 3.05) is 0 Å². The summed E-state index contributed by atoms with van der Waals surface area (Å²) in [7, 11) is 0. The molecule has 0 aromatic carbocycles. The van der Waals surface area contributed by atoms with Crippen molar-refractivity contribution in [1.29, 1.82) is 0 Å². The summed E-state index contributed by atoms with van der Waals surface area (Å²) in [6.07, 6.45) is 1.41. The Hall–Kier alpha value is 0.880. The fourth-order valence-electron chi connectivity index (χ4n) is 0.274. The van der Waals surface area contributed by atoms with Crippen LogP contribution >= 0.6 is 0 Å². The maximum atomic E-state index is 8.07. The third-order valence-corrected chi connectivity index (χ3v) is 0.478. The maximum absolute atomic E-state index is 8.07. The third-order valence-electron chi connectivity index (χ3n) is 0.478. The molecule has 0 radical (unpaired) electrons. The van der Waals surface area contributed by atoms with Gasteiger partial charge >= 0.3 is 29.6 Å². The molecule has 0 amide bonds. The van der Waals surface area contributed by atoms with Crippen molar-refractivity contribution >= 4 is 0 Å². The Morgan fingerprint density at radius 1 is 1.38 bits per heavy atom. The minimum atomic E-state index is -2.57. The standard InChI is InChI=1S/C4H9O3.Na/c1-2-3-4(5,6)7;/h3,5-7H,2H2,1H3;/q-1;+1. The summed E-state index contributed by atoms with van der Waals surface area (Å²) < 4.78 is 0. The van der Waals surface area contributed by atoms with E-state index in [0.29, 0.717) is 6.42 Å². The maximum Gasteiger partial charge on any atom is 1.00 e. The van der Waals surface area contributed by atoms with Gasteiger partial charge in [0.2, 0.25) is 0 Å². The van der Waals surface area contributed by atoms with E-state index in [0.717, 1.165) is 6.42 Å². The molecule has 4 heteroatoms. The molecular weight excluding hydrogens is 119 g/mol. The molecule has 0 bridgehead atoms. The molecule has 0 aromatic rings. The Balaban J connectivity index is 0. The van der Waals surface area contributed by atoms with Gasteiger partial charge in [-0.25, -0.2) is 6.42 Å². The van der Waals surface area contributed by atoms with Crippen LogP contribution in [-0.2, 0) is 0 Å². The van der Waals surface area contributed by atoms with Gasteiger partial charge in [0, 0.05) is 0 Å². The zero-order chi connectivity index (χ0) is 5.91. The fraction of sp³-hybridized carbons (Fsp3) is 0.750. The van der Waals surface area contributed by atoms with Crippen LogP contribution in [0.15, 0.2) is 0 Å². The van der Waals surface area contributed by atoms with E-state index in [1.165, 1.54) is 0 Å². The number of aliphatic hydroxyl groups is 3. The van der Waals surface area contributed by atoms with Gasteiger partial charge in [0.15, 0.2) is 0 Å². The molecule has 0 unspecified atom stereocenters. The quantitative estimate of drug-likeness (QED) is 0.203. The van der Waals surface area contributed by atoms with Gasteiger partial charge in [0.05, 0.1) is 0 Å². The summed E-state index contributed by atoms with van der Waals surface area (Å²) in [5.41, 5.74) is 0. The Kier molecular flexibility index (Phi) is 6.89. The first-order chi connectivity index (χ1) is 3.06. The topological polar surface area (TPSA) is 60.7 Å².